The Labute approximate surface area is 163 Å². The second kappa shape index (κ2) is 8.12. The Hall–Kier alpha value is -3.35. The summed E-state index contributed by atoms with van der Waals surface area (Å²) in [5.74, 6) is 1.71. The van der Waals surface area contributed by atoms with E-state index in [1.807, 2.05) is 54.6 Å². The zero-order valence-electron chi connectivity index (χ0n) is 15.7. The Balaban J connectivity index is 1.38. The Kier molecular flexibility index (Phi) is 5.23. The van der Waals surface area contributed by atoms with E-state index < -0.39 is 0 Å². The van der Waals surface area contributed by atoms with Gasteiger partial charge in [0.05, 0.1) is 18.6 Å². The van der Waals surface area contributed by atoms with Gasteiger partial charge in [0.1, 0.15) is 5.75 Å². The van der Waals surface area contributed by atoms with Gasteiger partial charge >= 0.3 is 6.03 Å². The van der Waals surface area contributed by atoms with Crippen LogP contribution in [0.25, 0.3) is 11.5 Å². The molecular weight excluding hydrogens is 356 g/mol. The molecular formula is C21H22N4O3. The Morgan fingerprint density at radius 3 is 2.79 bits per heavy atom. The minimum atomic E-state index is -0.0733. The number of urea groups is 1. The van der Waals surface area contributed by atoms with Gasteiger partial charge in [0.15, 0.2) is 0 Å². The predicted molar refractivity (Wildman–Crippen MR) is 104 cm³/mol. The van der Waals surface area contributed by atoms with E-state index in [4.69, 9.17) is 9.15 Å². The number of ether oxygens (including phenoxy) is 1. The predicted octanol–water partition coefficient (Wildman–Crippen LogP) is 3.44. The van der Waals surface area contributed by atoms with Crippen molar-refractivity contribution in [1.82, 2.24) is 20.4 Å². The largest absolute Gasteiger partial charge is 0.496 e. The molecule has 2 aromatic carbocycles. The van der Waals surface area contributed by atoms with E-state index in [1.54, 1.807) is 12.0 Å². The molecule has 4 rings (SSSR count). The lowest BCUT2D eigenvalue weighted by Crippen LogP contribution is -2.37. The number of rotatable bonds is 5. The summed E-state index contributed by atoms with van der Waals surface area (Å²) in [4.78, 5) is 14.2. The van der Waals surface area contributed by atoms with E-state index in [9.17, 15) is 4.79 Å². The highest BCUT2D eigenvalue weighted by atomic mass is 16.5. The molecule has 1 N–H and O–H groups in total. The minimum Gasteiger partial charge on any atom is -0.496 e. The van der Waals surface area contributed by atoms with E-state index >= 15 is 0 Å². The number of para-hydroxylation sites is 1. The van der Waals surface area contributed by atoms with Gasteiger partial charge < -0.3 is 19.4 Å². The third-order valence-electron chi connectivity index (χ3n) is 4.89. The number of benzene rings is 2. The molecule has 0 spiro atoms. The first-order chi connectivity index (χ1) is 13.7. The topological polar surface area (TPSA) is 80.5 Å². The molecule has 0 aliphatic carbocycles. The summed E-state index contributed by atoms with van der Waals surface area (Å²) in [5, 5.41) is 11.3. The monoisotopic (exact) mass is 378 g/mol. The van der Waals surface area contributed by atoms with E-state index in [1.165, 1.54) is 0 Å². The van der Waals surface area contributed by atoms with E-state index in [2.05, 4.69) is 15.5 Å². The van der Waals surface area contributed by atoms with Gasteiger partial charge in [-0.3, -0.25) is 0 Å². The van der Waals surface area contributed by atoms with Gasteiger partial charge in [0.25, 0.3) is 5.89 Å². The number of likely N-dealkylation sites (tertiary alicyclic amines) is 1. The van der Waals surface area contributed by atoms with Crippen LogP contribution in [0.3, 0.4) is 0 Å². The Morgan fingerprint density at radius 2 is 1.96 bits per heavy atom. The lowest BCUT2D eigenvalue weighted by Gasteiger charge is -2.16. The van der Waals surface area contributed by atoms with E-state index in [-0.39, 0.29) is 11.9 Å². The summed E-state index contributed by atoms with van der Waals surface area (Å²) in [7, 11) is 1.61. The molecule has 2 heterocycles. The van der Waals surface area contributed by atoms with Gasteiger partial charge in [-0.05, 0) is 24.1 Å². The summed E-state index contributed by atoms with van der Waals surface area (Å²) < 4.78 is 11.3. The minimum absolute atomic E-state index is 0.0402. The van der Waals surface area contributed by atoms with Crippen molar-refractivity contribution in [3.63, 3.8) is 0 Å². The first kappa shape index (κ1) is 18.0. The van der Waals surface area contributed by atoms with Crippen molar-refractivity contribution in [3.8, 4) is 17.2 Å². The van der Waals surface area contributed by atoms with Crippen molar-refractivity contribution in [2.45, 2.75) is 18.9 Å². The lowest BCUT2D eigenvalue weighted by molar-refractivity contribution is 0.207. The van der Waals surface area contributed by atoms with Crippen LogP contribution in [0.4, 0.5) is 4.79 Å². The first-order valence-electron chi connectivity index (χ1n) is 9.28. The SMILES string of the molecule is COc1ccccc1-c1nnc(C2CCN(C(=O)NCc3ccccc3)C2)o1. The summed E-state index contributed by atoms with van der Waals surface area (Å²) in [6, 6.07) is 17.3. The molecule has 28 heavy (non-hydrogen) atoms. The Morgan fingerprint density at radius 1 is 1.18 bits per heavy atom. The second-order valence-electron chi connectivity index (χ2n) is 6.72. The maximum absolute atomic E-state index is 12.4. The fraction of sp³-hybridized carbons (Fsp3) is 0.286. The van der Waals surface area contributed by atoms with Crippen molar-refractivity contribution in [1.29, 1.82) is 0 Å². The molecule has 0 bridgehead atoms. The lowest BCUT2D eigenvalue weighted by atomic mass is 10.1. The van der Waals surface area contributed by atoms with Crippen LogP contribution < -0.4 is 10.1 Å². The number of methoxy groups -OCH3 is 1. The fourth-order valence-electron chi connectivity index (χ4n) is 3.36. The van der Waals surface area contributed by atoms with Crippen molar-refractivity contribution in [2.75, 3.05) is 20.2 Å². The van der Waals surface area contributed by atoms with Gasteiger partial charge in [-0.2, -0.15) is 0 Å². The number of carbonyl (C=O) groups is 1. The van der Waals surface area contributed by atoms with Gasteiger partial charge in [-0.25, -0.2) is 4.79 Å². The molecule has 1 aromatic heterocycles. The summed E-state index contributed by atoms with van der Waals surface area (Å²) in [6.45, 7) is 1.74. The molecule has 7 heteroatoms. The number of aromatic nitrogens is 2. The molecule has 144 valence electrons. The average molecular weight is 378 g/mol. The van der Waals surface area contributed by atoms with Crippen LogP contribution >= 0.6 is 0 Å². The van der Waals surface area contributed by atoms with Crippen LogP contribution in [0.2, 0.25) is 0 Å². The van der Waals surface area contributed by atoms with E-state index in [0.717, 1.165) is 17.5 Å². The summed E-state index contributed by atoms with van der Waals surface area (Å²) in [5.41, 5.74) is 1.84. The molecule has 1 atom stereocenters. The third kappa shape index (κ3) is 3.83. The maximum atomic E-state index is 12.4. The first-order valence-corrected chi connectivity index (χ1v) is 9.28. The van der Waals surface area contributed by atoms with Crippen LogP contribution in [0.1, 0.15) is 23.8 Å². The summed E-state index contributed by atoms with van der Waals surface area (Å²) in [6.07, 6.45) is 0.798. The molecule has 0 saturated carbocycles. The molecule has 1 saturated heterocycles. The highest BCUT2D eigenvalue weighted by molar-refractivity contribution is 5.74. The number of hydrogen-bond acceptors (Lipinski definition) is 5. The number of nitrogens with one attached hydrogen (secondary N) is 1. The van der Waals surface area contributed by atoms with Crippen LogP contribution in [0.5, 0.6) is 5.75 Å². The number of nitrogens with zero attached hydrogens (tertiary/aromatic N) is 3. The fourth-order valence-corrected chi connectivity index (χ4v) is 3.36. The van der Waals surface area contributed by atoms with Crippen molar-refractivity contribution >= 4 is 6.03 Å². The van der Waals surface area contributed by atoms with Crippen LogP contribution in [-0.4, -0.2) is 41.3 Å². The van der Waals surface area contributed by atoms with Gasteiger partial charge in [-0.1, -0.05) is 42.5 Å². The number of carbonyl (C=O) groups excluding carboxylic acids is 1. The third-order valence-corrected chi connectivity index (χ3v) is 4.89. The van der Waals surface area contributed by atoms with Crippen LogP contribution in [-0.2, 0) is 6.54 Å². The van der Waals surface area contributed by atoms with E-state index in [0.29, 0.717) is 37.2 Å². The normalized spacial score (nSPS) is 16.2. The van der Waals surface area contributed by atoms with Crippen molar-refractivity contribution in [2.24, 2.45) is 0 Å². The van der Waals surface area contributed by atoms with Gasteiger partial charge in [0.2, 0.25) is 5.89 Å². The molecule has 1 aliphatic heterocycles. The molecule has 2 amide bonds. The molecule has 1 fully saturated rings. The summed E-state index contributed by atoms with van der Waals surface area (Å²) >= 11 is 0. The smallest absolute Gasteiger partial charge is 0.317 e. The zero-order valence-corrected chi connectivity index (χ0v) is 15.7. The van der Waals surface area contributed by atoms with Crippen molar-refractivity contribution in [3.05, 3.63) is 66.1 Å². The average Bonchev–Trinajstić information content (AvgIpc) is 3.42. The quantitative estimate of drug-likeness (QED) is 0.736. The number of hydrogen-bond donors (Lipinski definition) is 1. The van der Waals surface area contributed by atoms with Crippen LogP contribution in [0.15, 0.2) is 59.0 Å². The molecule has 1 aliphatic rings. The Bertz CT molecular complexity index is 942. The molecule has 7 nitrogen and oxygen atoms in total. The molecule has 0 radical (unpaired) electrons. The maximum Gasteiger partial charge on any atom is 0.317 e. The van der Waals surface area contributed by atoms with Gasteiger partial charge in [-0.15, -0.1) is 10.2 Å². The molecule has 3 aromatic rings. The van der Waals surface area contributed by atoms with Gasteiger partial charge in [0, 0.05) is 19.6 Å². The molecule has 1 unspecified atom stereocenters. The number of amides is 2. The zero-order chi connectivity index (χ0) is 19.3. The standard InChI is InChI=1S/C21H22N4O3/c1-27-18-10-6-5-9-17(18)20-24-23-19(28-20)16-11-12-25(14-16)21(26)22-13-15-7-3-2-4-8-15/h2-10,16H,11-14H2,1H3,(H,22,26). The second-order valence-corrected chi connectivity index (χ2v) is 6.72. The highest BCUT2D eigenvalue weighted by Gasteiger charge is 2.31. The van der Waals surface area contributed by atoms with Crippen LogP contribution in [0, 0.1) is 0 Å². The van der Waals surface area contributed by atoms with Crippen molar-refractivity contribution < 1.29 is 13.9 Å². The highest BCUT2D eigenvalue weighted by Crippen LogP contribution is 2.32.